The Morgan fingerprint density at radius 2 is 2.30 bits per heavy atom. The number of aryl methyl sites for hydroxylation is 1. The molecular formula is C15H21FN2O2. The van der Waals surface area contributed by atoms with Gasteiger partial charge in [-0.25, -0.2) is 4.39 Å². The van der Waals surface area contributed by atoms with Crippen molar-refractivity contribution in [3.8, 4) is 0 Å². The number of amides is 1. The Kier molecular flexibility index (Phi) is 4.73. The van der Waals surface area contributed by atoms with Crippen LogP contribution in [0.1, 0.15) is 28.8 Å². The monoisotopic (exact) mass is 280 g/mol. The van der Waals surface area contributed by atoms with E-state index in [1.54, 1.807) is 25.0 Å². The lowest BCUT2D eigenvalue weighted by atomic mass is 9.98. The van der Waals surface area contributed by atoms with E-state index in [1.807, 2.05) is 0 Å². The van der Waals surface area contributed by atoms with E-state index < -0.39 is 0 Å². The molecule has 1 aromatic rings. The van der Waals surface area contributed by atoms with Gasteiger partial charge in [-0.3, -0.25) is 4.79 Å². The minimum absolute atomic E-state index is 0.0217. The lowest BCUT2D eigenvalue weighted by Crippen LogP contribution is -2.51. The number of nitrogens with two attached hydrogens (primary N) is 1. The Morgan fingerprint density at radius 1 is 1.55 bits per heavy atom. The van der Waals surface area contributed by atoms with Crippen LogP contribution in [0.4, 0.5) is 4.39 Å². The molecule has 0 aliphatic carbocycles. The zero-order chi connectivity index (χ0) is 14.7. The summed E-state index contributed by atoms with van der Waals surface area (Å²) in [6.07, 6.45) is 1.71. The molecule has 20 heavy (non-hydrogen) atoms. The highest BCUT2D eigenvalue weighted by Crippen LogP contribution is 2.22. The molecule has 0 radical (unpaired) electrons. The first-order chi connectivity index (χ1) is 9.56. The van der Waals surface area contributed by atoms with Gasteiger partial charge in [-0.2, -0.15) is 0 Å². The van der Waals surface area contributed by atoms with Crippen molar-refractivity contribution in [1.29, 1.82) is 0 Å². The fraction of sp³-hybridized carbons (Fsp3) is 0.533. The van der Waals surface area contributed by atoms with E-state index in [9.17, 15) is 9.18 Å². The first-order valence-electron chi connectivity index (χ1n) is 6.86. The minimum atomic E-state index is -0.296. The number of hydrogen-bond acceptors (Lipinski definition) is 3. The summed E-state index contributed by atoms with van der Waals surface area (Å²) in [6, 6.07) is 4.43. The molecule has 1 saturated heterocycles. The van der Waals surface area contributed by atoms with Crippen molar-refractivity contribution < 1.29 is 13.9 Å². The number of halogens is 1. The third-order valence-corrected chi connectivity index (χ3v) is 3.94. The number of methoxy groups -OCH3 is 1. The number of nitrogens with zero attached hydrogens (tertiary/aromatic N) is 1. The number of rotatable bonds is 3. The summed E-state index contributed by atoms with van der Waals surface area (Å²) in [4.78, 5) is 14.3. The lowest BCUT2D eigenvalue weighted by Gasteiger charge is -2.38. The van der Waals surface area contributed by atoms with Crippen LogP contribution in [-0.4, -0.2) is 43.2 Å². The second kappa shape index (κ2) is 6.33. The molecule has 110 valence electrons. The Labute approximate surface area is 118 Å². The predicted octanol–water partition coefficient (Wildman–Crippen LogP) is 1.71. The summed E-state index contributed by atoms with van der Waals surface area (Å²) >= 11 is 0. The molecule has 0 spiro atoms. The van der Waals surface area contributed by atoms with E-state index >= 15 is 0 Å². The van der Waals surface area contributed by atoms with Crippen molar-refractivity contribution in [1.82, 2.24) is 4.90 Å². The quantitative estimate of drug-likeness (QED) is 0.917. The molecule has 1 aromatic carbocycles. The standard InChI is InChI=1S/C15H21FN2O2/c1-10-7-11(3-4-14(10)16)15(19)18-6-5-13(20-2)8-12(18)9-17/h3-4,7,12-13H,5-6,8-9,17H2,1-2H3. The van der Waals surface area contributed by atoms with E-state index in [0.717, 1.165) is 12.8 Å². The van der Waals surface area contributed by atoms with Gasteiger partial charge in [0.1, 0.15) is 5.82 Å². The fourth-order valence-corrected chi connectivity index (χ4v) is 2.66. The normalized spacial score (nSPS) is 22.9. The summed E-state index contributed by atoms with van der Waals surface area (Å²) in [5.41, 5.74) is 6.76. The van der Waals surface area contributed by atoms with Gasteiger partial charge in [0, 0.05) is 31.8 Å². The summed E-state index contributed by atoms with van der Waals surface area (Å²) in [6.45, 7) is 2.69. The van der Waals surface area contributed by atoms with Crippen molar-refractivity contribution in [2.24, 2.45) is 5.73 Å². The van der Waals surface area contributed by atoms with Crippen LogP contribution in [0.5, 0.6) is 0 Å². The molecular weight excluding hydrogens is 259 g/mol. The molecule has 0 saturated carbocycles. The van der Waals surface area contributed by atoms with Gasteiger partial charge < -0.3 is 15.4 Å². The molecule has 4 nitrogen and oxygen atoms in total. The maximum Gasteiger partial charge on any atom is 0.254 e. The second-order valence-corrected chi connectivity index (χ2v) is 5.23. The number of piperidine rings is 1. The number of carbonyl (C=O) groups is 1. The summed E-state index contributed by atoms with van der Waals surface area (Å²) in [5, 5.41) is 0. The number of carbonyl (C=O) groups excluding carboxylic acids is 1. The van der Waals surface area contributed by atoms with Gasteiger partial charge in [-0.05, 0) is 43.5 Å². The minimum Gasteiger partial charge on any atom is -0.381 e. The summed E-state index contributed by atoms with van der Waals surface area (Å²) in [5.74, 6) is -0.381. The van der Waals surface area contributed by atoms with E-state index in [1.165, 1.54) is 12.1 Å². The average Bonchev–Trinajstić information content (AvgIpc) is 2.48. The Hall–Kier alpha value is -1.46. The largest absolute Gasteiger partial charge is 0.381 e. The van der Waals surface area contributed by atoms with Gasteiger partial charge in [-0.15, -0.1) is 0 Å². The maximum atomic E-state index is 13.3. The molecule has 0 bridgehead atoms. The first kappa shape index (κ1) is 14.9. The molecule has 1 aliphatic heterocycles. The van der Waals surface area contributed by atoms with Crippen molar-refractivity contribution in [2.75, 3.05) is 20.2 Å². The topological polar surface area (TPSA) is 55.6 Å². The highest BCUT2D eigenvalue weighted by atomic mass is 19.1. The Morgan fingerprint density at radius 3 is 2.90 bits per heavy atom. The Balaban J connectivity index is 2.17. The molecule has 2 N–H and O–H groups in total. The van der Waals surface area contributed by atoms with E-state index in [0.29, 0.717) is 24.2 Å². The second-order valence-electron chi connectivity index (χ2n) is 5.23. The molecule has 1 fully saturated rings. The average molecular weight is 280 g/mol. The Bertz CT molecular complexity index is 493. The molecule has 2 atom stereocenters. The van der Waals surface area contributed by atoms with Crippen LogP contribution in [0.15, 0.2) is 18.2 Å². The predicted molar refractivity (Wildman–Crippen MR) is 75.0 cm³/mol. The van der Waals surface area contributed by atoms with E-state index in [2.05, 4.69) is 0 Å². The maximum absolute atomic E-state index is 13.3. The van der Waals surface area contributed by atoms with Crippen molar-refractivity contribution >= 4 is 5.91 Å². The highest BCUT2D eigenvalue weighted by Gasteiger charge is 2.31. The van der Waals surface area contributed by atoms with Crippen LogP contribution < -0.4 is 5.73 Å². The smallest absolute Gasteiger partial charge is 0.254 e. The van der Waals surface area contributed by atoms with Crippen LogP contribution >= 0.6 is 0 Å². The number of likely N-dealkylation sites (tertiary alicyclic amines) is 1. The highest BCUT2D eigenvalue weighted by molar-refractivity contribution is 5.94. The van der Waals surface area contributed by atoms with Crippen LogP contribution in [0, 0.1) is 12.7 Å². The van der Waals surface area contributed by atoms with Gasteiger partial charge >= 0.3 is 0 Å². The SMILES string of the molecule is COC1CCN(C(=O)c2ccc(F)c(C)c2)C(CN)C1. The van der Waals surface area contributed by atoms with Crippen LogP contribution in [0.25, 0.3) is 0 Å². The van der Waals surface area contributed by atoms with Gasteiger partial charge in [0.15, 0.2) is 0 Å². The van der Waals surface area contributed by atoms with Gasteiger partial charge in [0.05, 0.1) is 6.10 Å². The van der Waals surface area contributed by atoms with Crippen molar-refractivity contribution in [3.63, 3.8) is 0 Å². The molecule has 0 aromatic heterocycles. The van der Waals surface area contributed by atoms with Gasteiger partial charge in [0.2, 0.25) is 0 Å². The van der Waals surface area contributed by atoms with Crippen LogP contribution in [0.3, 0.4) is 0 Å². The molecule has 1 aliphatic rings. The van der Waals surface area contributed by atoms with Gasteiger partial charge in [0.25, 0.3) is 5.91 Å². The lowest BCUT2D eigenvalue weighted by molar-refractivity contribution is 0.0139. The van der Waals surface area contributed by atoms with Crippen molar-refractivity contribution in [3.05, 3.63) is 35.1 Å². The molecule has 2 unspecified atom stereocenters. The van der Waals surface area contributed by atoms with Crippen LogP contribution in [0.2, 0.25) is 0 Å². The van der Waals surface area contributed by atoms with E-state index in [4.69, 9.17) is 10.5 Å². The van der Waals surface area contributed by atoms with Gasteiger partial charge in [-0.1, -0.05) is 0 Å². The zero-order valence-electron chi connectivity index (χ0n) is 11.9. The number of hydrogen-bond donors (Lipinski definition) is 1. The summed E-state index contributed by atoms with van der Waals surface area (Å²) in [7, 11) is 1.68. The molecule has 5 heteroatoms. The molecule has 1 heterocycles. The number of ether oxygens (including phenoxy) is 1. The molecule has 2 rings (SSSR count). The molecule has 1 amide bonds. The fourth-order valence-electron chi connectivity index (χ4n) is 2.66. The van der Waals surface area contributed by atoms with Crippen molar-refractivity contribution in [2.45, 2.75) is 31.9 Å². The van der Waals surface area contributed by atoms with Crippen LogP contribution in [-0.2, 0) is 4.74 Å². The van der Waals surface area contributed by atoms with E-state index in [-0.39, 0.29) is 23.9 Å². The third kappa shape index (κ3) is 2.99. The zero-order valence-corrected chi connectivity index (χ0v) is 11.9. The summed E-state index contributed by atoms with van der Waals surface area (Å²) < 4.78 is 18.6. The first-order valence-corrected chi connectivity index (χ1v) is 6.86. The number of benzene rings is 1. The third-order valence-electron chi connectivity index (χ3n) is 3.94.